The quantitative estimate of drug-likeness (QED) is 0.914. The molecule has 2 aromatic heterocycles. The van der Waals surface area contributed by atoms with Crippen LogP contribution in [0.4, 0.5) is 0 Å². The number of aliphatic hydroxyl groups is 1. The van der Waals surface area contributed by atoms with Crippen molar-refractivity contribution >= 4 is 27.3 Å². The molecule has 0 amide bonds. The van der Waals surface area contributed by atoms with Crippen LogP contribution in [0.25, 0.3) is 10.7 Å². The Bertz CT molecular complexity index is 485. The second kappa shape index (κ2) is 5.72. The van der Waals surface area contributed by atoms with E-state index in [1.54, 1.807) is 0 Å². The number of aliphatic hydroxyl groups excluding tert-OH is 1. The highest BCUT2D eigenvalue weighted by Gasteiger charge is 2.14. The van der Waals surface area contributed by atoms with Crippen LogP contribution < -0.4 is 0 Å². The van der Waals surface area contributed by atoms with E-state index in [-0.39, 0.29) is 6.61 Å². The summed E-state index contributed by atoms with van der Waals surface area (Å²) < 4.78 is 10.9. The predicted octanol–water partition coefficient (Wildman–Crippen LogP) is 2.11. The third-order valence-electron chi connectivity index (χ3n) is 2.03. The maximum absolute atomic E-state index is 9.53. The van der Waals surface area contributed by atoms with Gasteiger partial charge in [-0.05, 0) is 28.1 Å². The van der Waals surface area contributed by atoms with Crippen LogP contribution >= 0.6 is 27.3 Å². The van der Waals surface area contributed by atoms with Crippen molar-refractivity contribution in [2.75, 3.05) is 13.7 Å². The summed E-state index contributed by atoms with van der Waals surface area (Å²) in [6.45, 7) is 0.252. The fourth-order valence-electron chi connectivity index (χ4n) is 1.33. The molecular weight excluding hydrogens is 308 g/mol. The summed E-state index contributed by atoms with van der Waals surface area (Å²) in [7, 11) is 1.53. The maximum atomic E-state index is 9.53. The summed E-state index contributed by atoms with van der Waals surface area (Å²) in [5.74, 6) is 0.953. The average Bonchev–Trinajstić information content (AvgIpc) is 2.87. The zero-order chi connectivity index (χ0) is 12.3. The van der Waals surface area contributed by atoms with Gasteiger partial charge in [0.25, 0.3) is 0 Å². The third kappa shape index (κ3) is 3.35. The number of aromatic nitrogens is 2. The number of hydrogen-bond acceptors (Lipinski definition) is 6. The van der Waals surface area contributed by atoms with E-state index >= 15 is 0 Å². The Hall–Kier alpha value is -0.760. The molecule has 0 fully saturated rings. The van der Waals surface area contributed by atoms with Gasteiger partial charge in [0.1, 0.15) is 0 Å². The van der Waals surface area contributed by atoms with Gasteiger partial charge in [0.2, 0.25) is 11.7 Å². The van der Waals surface area contributed by atoms with Crippen LogP contribution in [0.3, 0.4) is 0 Å². The average molecular weight is 319 g/mol. The highest BCUT2D eigenvalue weighted by molar-refractivity contribution is 9.11. The van der Waals surface area contributed by atoms with E-state index in [2.05, 4.69) is 26.1 Å². The first-order valence-corrected chi connectivity index (χ1v) is 6.55. The van der Waals surface area contributed by atoms with Crippen LogP contribution in [0.15, 0.2) is 20.4 Å². The van der Waals surface area contributed by atoms with Crippen molar-refractivity contribution in [1.29, 1.82) is 0 Å². The second-order valence-electron chi connectivity index (χ2n) is 3.43. The lowest BCUT2D eigenvalue weighted by Gasteiger charge is -2.04. The highest BCUT2D eigenvalue weighted by atomic mass is 79.9. The lowest BCUT2D eigenvalue weighted by atomic mass is 10.3. The fourth-order valence-corrected chi connectivity index (χ4v) is 2.64. The molecule has 0 aliphatic heterocycles. The summed E-state index contributed by atoms with van der Waals surface area (Å²) in [6.07, 6.45) is -0.323. The number of methoxy groups -OCH3 is 1. The van der Waals surface area contributed by atoms with Crippen LogP contribution in [0, 0.1) is 0 Å². The van der Waals surface area contributed by atoms with Gasteiger partial charge in [0.05, 0.1) is 27.8 Å². The van der Waals surface area contributed by atoms with Gasteiger partial charge in [-0.1, -0.05) is 5.16 Å². The first-order valence-electron chi connectivity index (χ1n) is 4.94. The summed E-state index contributed by atoms with van der Waals surface area (Å²) in [4.78, 5) is 5.14. The number of ether oxygens (including phenoxy) is 1. The Balaban J connectivity index is 2.05. The van der Waals surface area contributed by atoms with Gasteiger partial charge in [-0.2, -0.15) is 4.98 Å². The van der Waals surface area contributed by atoms with E-state index in [0.29, 0.717) is 18.1 Å². The number of rotatable bonds is 5. The van der Waals surface area contributed by atoms with Gasteiger partial charge in [0.15, 0.2) is 0 Å². The molecule has 0 bridgehead atoms. The minimum Gasteiger partial charge on any atom is -0.390 e. The molecule has 0 aliphatic rings. The van der Waals surface area contributed by atoms with Gasteiger partial charge < -0.3 is 14.4 Å². The third-order valence-corrected chi connectivity index (χ3v) is 3.65. The van der Waals surface area contributed by atoms with Crippen LogP contribution in [0.2, 0.25) is 0 Å². The lowest BCUT2D eigenvalue weighted by Crippen LogP contribution is -2.17. The molecule has 0 spiro atoms. The SMILES string of the molecule is COCC(O)Cc1nc(-c2ccc(Br)s2)no1. The first-order chi connectivity index (χ1) is 8.19. The molecule has 7 heteroatoms. The van der Waals surface area contributed by atoms with E-state index in [0.717, 1.165) is 8.66 Å². The van der Waals surface area contributed by atoms with Crippen LogP contribution in [-0.2, 0) is 11.2 Å². The van der Waals surface area contributed by atoms with Crippen LogP contribution in [-0.4, -0.2) is 35.1 Å². The standard InChI is InChI=1S/C10H11BrN2O3S/c1-15-5-6(14)4-9-12-10(13-16-9)7-2-3-8(11)17-7/h2-3,6,14H,4-5H2,1H3. The summed E-state index contributed by atoms with van der Waals surface area (Å²) in [5.41, 5.74) is 0. The molecule has 17 heavy (non-hydrogen) atoms. The molecule has 5 nitrogen and oxygen atoms in total. The van der Waals surface area contributed by atoms with E-state index in [4.69, 9.17) is 9.26 Å². The zero-order valence-corrected chi connectivity index (χ0v) is 11.5. The summed E-state index contributed by atoms with van der Waals surface area (Å²) in [6, 6.07) is 3.84. The second-order valence-corrected chi connectivity index (χ2v) is 5.89. The largest absolute Gasteiger partial charge is 0.390 e. The van der Waals surface area contributed by atoms with Gasteiger partial charge in [-0.3, -0.25) is 0 Å². The highest BCUT2D eigenvalue weighted by Crippen LogP contribution is 2.29. The Morgan fingerprint density at radius 3 is 3.06 bits per heavy atom. The maximum Gasteiger partial charge on any atom is 0.229 e. The van der Waals surface area contributed by atoms with E-state index < -0.39 is 6.10 Å². The Labute approximate surface area is 111 Å². The van der Waals surface area contributed by atoms with Crippen molar-refractivity contribution < 1.29 is 14.4 Å². The molecule has 0 radical (unpaired) electrons. The number of thiophene rings is 1. The monoisotopic (exact) mass is 318 g/mol. The molecule has 2 heterocycles. The van der Waals surface area contributed by atoms with Crippen molar-refractivity contribution in [3.63, 3.8) is 0 Å². The summed E-state index contributed by atoms with van der Waals surface area (Å²) in [5, 5.41) is 13.4. The molecule has 0 saturated carbocycles. The van der Waals surface area contributed by atoms with E-state index in [9.17, 15) is 5.11 Å². The van der Waals surface area contributed by atoms with Crippen molar-refractivity contribution in [2.24, 2.45) is 0 Å². The molecule has 1 N–H and O–H groups in total. The lowest BCUT2D eigenvalue weighted by molar-refractivity contribution is 0.0599. The number of halogens is 1. The predicted molar refractivity (Wildman–Crippen MR) is 66.9 cm³/mol. The van der Waals surface area contributed by atoms with Gasteiger partial charge in [0, 0.05) is 7.11 Å². The van der Waals surface area contributed by atoms with E-state index in [1.165, 1.54) is 18.4 Å². The molecule has 1 unspecified atom stereocenters. The minimum atomic E-state index is -0.622. The van der Waals surface area contributed by atoms with Crippen molar-refractivity contribution in [3.8, 4) is 10.7 Å². The molecule has 2 rings (SSSR count). The van der Waals surface area contributed by atoms with Crippen LogP contribution in [0.5, 0.6) is 0 Å². The van der Waals surface area contributed by atoms with Gasteiger partial charge >= 0.3 is 0 Å². The Kier molecular flexibility index (Phi) is 4.27. The van der Waals surface area contributed by atoms with Crippen molar-refractivity contribution in [1.82, 2.24) is 10.1 Å². The van der Waals surface area contributed by atoms with Crippen LogP contribution in [0.1, 0.15) is 5.89 Å². The molecule has 0 aromatic carbocycles. The molecule has 92 valence electrons. The number of nitrogens with zero attached hydrogens (tertiary/aromatic N) is 2. The minimum absolute atomic E-state index is 0.252. The van der Waals surface area contributed by atoms with Gasteiger partial charge in [-0.15, -0.1) is 11.3 Å². The zero-order valence-electron chi connectivity index (χ0n) is 9.09. The molecule has 0 aliphatic carbocycles. The van der Waals surface area contributed by atoms with Gasteiger partial charge in [-0.25, -0.2) is 0 Å². The molecule has 1 atom stereocenters. The fraction of sp³-hybridized carbons (Fsp3) is 0.400. The molecular formula is C10H11BrN2O3S. The summed E-state index contributed by atoms with van der Waals surface area (Å²) >= 11 is 4.90. The van der Waals surface area contributed by atoms with Crippen molar-refractivity contribution in [3.05, 3.63) is 21.8 Å². The molecule has 2 aromatic rings. The Morgan fingerprint density at radius 2 is 2.41 bits per heavy atom. The Morgan fingerprint density at radius 1 is 1.59 bits per heavy atom. The first kappa shape index (κ1) is 12.7. The smallest absolute Gasteiger partial charge is 0.229 e. The normalized spacial score (nSPS) is 12.9. The van der Waals surface area contributed by atoms with E-state index in [1.807, 2.05) is 12.1 Å². The molecule has 0 saturated heterocycles. The topological polar surface area (TPSA) is 68.4 Å². The number of hydrogen-bond donors (Lipinski definition) is 1. The van der Waals surface area contributed by atoms with Crippen molar-refractivity contribution in [2.45, 2.75) is 12.5 Å².